The maximum absolute atomic E-state index is 13.6. The zero-order chi connectivity index (χ0) is 25.8. The highest BCUT2D eigenvalue weighted by Gasteiger charge is 2.33. The lowest BCUT2D eigenvalue weighted by Crippen LogP contribution is -2.36. The first-order valence-corrected chi connectivity index (χ1v) is 13.4. The lowest BCUT2D eigenvalue weighted by molar-refractivity contribution is -0.152. The molecule has 4 rings (SSSR count). The Bertz CT molecular complexity index is 1290. The first-order chi connectivity index (χ1) is 17.3. The second-order valence-electron chi connectivity index (χ2n) is 9.73. The third-order valence-electron chi connectivity index (χ3n) is 6.94. The number of aromatic nitrogens is 2. The largest absolute Gasteiger partial charge is 0.497 e. The molecule has 0 bridgehead atoms. The van der Waals surface area contributed by atoms with Crippen LogP contribution in [0.15, 0.2) is 52.4 Å². The van der Waals surface area contributed by atoms with Crippen molar-refractivity contribution >= 4 is 28.6 Å². The fraction of sp³-hybridized carbons (Fsp3) is 0.464. The number of nitrogens with zero attached hydrogens (tertiary/aromatic N) is 2. The summed E-state index contributed by atoms with van der Waals surface area (Å²) in [6, 6.07) is 12.4. The van der Waals surface area contributed by atoms with E-state index in [2.05, 4.69) is 20.8 Å². The average Bonchev–Trinajstić information content (AvgIpc) is 2.87. The van der Waals surface area contributed by atoms with Gasteiger partial charge in [0.15, 0.2) is 5.16 Å². The van der Waals surface area contributed by atoms with E-state index < -0.39 is 0 Å². The van der Waals surface area contributed by atoms with Crippen molar-refractivity contribution in [3.8, 4) is 17.2 Å². The summed E-state index contributed by atoms with van der Waals surface area (Å²) in [5.74, 6) is 2.19. The second-order valence-corrected chi connectivity index (χ2v) is 10.7. The van der Waals surface area contributed by atoms with Crippen LogP contribution in [0.5, 0.6) is 11.5 Å². The summed E-state index contributed by atoms with van der Waals surface area (Å²) >= 11 is 1.19. The molecule has 192 valence electrons. The molecule has 1 fully saturated rings. The molecule has 8 heteroatoms. The Morgan fingerprint density at radius 3 is 2.64 bits per heavy atom. The molecule has 0 N–H and O–H groups in total. The molecule has 3 unspecified atom stereocenters. The SMILES string of the molecule is COc1ccc(OC)c(-n2c(SCC(=O)OC3CC(C)CCC3C(C)C)nc3ccccc3c2=O)c1. The van der Waals surface area contributed by atoms with Gasteiger partial charge in [0.25, 0.3) is 5.56 Å². The van der Waals surface area contributed by atoms with Gasteiger partial charge in [-0.1, -0.05) is 51.1 Å². The van der Waals surface area contributed by atoms with Crippen LogP contribution in [0.4, 0.5) is 0 Å². The molecule has 0 spiro atoms. The summed E-state index contributed by atoms with van der Waals surface area (Å²) < 4.78 is 18.4. The van der Waals surface area contributed by atoms with Crippen molar-refractivity contribution < 1.29 is 19.0 Å². The molecule has 1 saturated carbocycles. The Morgan fingerprint density at radius 1 is 1.14 bits per heavy atom. The zero-order valence-electron chi connectivity index (χ0n) is 21.5. The zero-order valence-corrected chi connectivity index (χ0v) is 22.3. The first kappa shape index (κ1) is 26.1. The Kier molecular flexibility index (Phi) is 8.24. The summed E-state index contributed by atoms with van der Waals surface area (Å²) in [5, 5.41) is 0.866. The molecule has 1 heterocycles. The van der Waals surface area contributed by atoms with E-state index >= 15 is 0 Å². The highest BCUT2D eigenvalue weighted by atomic mass is 32.2. The number of ether oxygens (including phenoxy) is 3. The summed E-state index contributed by atoms with van der Waals surface area (Å²) in [7, 11) is 3.11. The van der Waals surface area contributed by atoms with Gasteiger partial charge in [0, 0.05) is 6.07 Å². The van der Waals surface area contributed by atoms with Gasteiger partial charge in [-0.05, 0) is 54.9 Å². The van der Waals surface area contributed by atoms with Crippen molar-refractivity contribution in [2.24, 2.45) is 17.8 Å². The van der Waals surface area contributed by atoms with Crippen molar-refractivity contribution in [1.29, 1.82) is 0 Å². The lowest BCUT2D eigenvalue weighted by Gasteiger charge is -2.36. The number of fused-ring (bicyclic) bond motifs is 1. The van der Waals surface area contributed by atoms with E-state index in [1.165, 1.54) is 22.7 Å². The van der Waals surface area contributed by atoms with Gasteiger partial charge >= 0.3 is 5.97 Å². The van der Waals surface area contributed by atoms with Crippen LogP contribution in [0.25, 0.3) is 16.6 Å². The molecule has 2 aromatic carbocycles. The highest BCUT2D eigenvalue weighted by molar-refractivity contribution is 7.99. The minimum atomic E-state index is -0.295. The minimum Gasteiger partial charge on any atom is -0.497 e. The molecular formula is C28H34N2O5S. The Balaban J connectivity index is 1.67. The van der Waals surface area contributed by atoms with Crippen LogP contribution >= 0.6 is 11.8 Å². The summed E-state index contributed by atoms with van der Waals surface area (Å²) in [5.41, 5.74) is 0.818. The van der Waals surface area contributed by atoms with E-state index in [0.717, 1.165) is 12.8 Å². The van der Waals surface area contributed by atoms with Crippen molar-refractivity contribution in [2.45, 2.75) is 51.3 Å². The third-order valence-corrected chi connectivity index (χ3v) is 7.85. The van der Waals surface area contributed by atoms with Crippen LogP contribution in [0, 0.1) is 17.8 Å². The van der Waals surface area contributed by atoms with E-state index in [0.29, 0.717) is 51.0 Å². The molecule has 36 heavy (non-hydrogen) atoms. The quantitative estimate of drug-likeness (QED) is 0.225. The lowest BCUT2D eigenvalue weighted by atomic mass is 9.75. The molecular weight excluding hydrogens is 476 g/mol. The van der Waals surface area contributed by atoms with Crippen LogP contribution in [0.2, 0.25) is 0 Å². The van der Waals surface area contributed by atoms with Crippen molar-refractivity contribution in [1.82, 2.24) is 9.55 Å². The van der Waals surface area contributed by atoms with Crippen molar-refractivity contribution in [3.05, 3.63) is 52.8 Å². The fourth-order valence-electron chi connectivity index (χ4n) is 4.97. The van der Waals surface area contributed by atoms with Crippen molar-refractivity contribution in [3.63, 3.8) is 0 Å². The average molecular weight is 511 g/mol. The minimum absolute atomic E-state index is 0.0484. The van der Waals surface area contributed by atoms with Gasteiger partial charge in [-0.2, -0.15) is 0 Å². The number of carbonyl (C=O) groups is 1. The molecule has 0 aliphatic heterocycles. The summed E-state index contributed by atoms with van der Waals surface area (Å²) in [6.45, 7) is 6.59. The highest BCUT2D eigenvalue weighted by Crippen LogP contribution is 2.36. The van der Waals surface area contributed by atoms with Gasteiger partial charge in [-0.15, -0.1) is 0 Å². The molecule has 3 atom stereocenters. The molecule has 0 radical (unpaired) electrons. The van der Waals surface area contributed by atoms with Gasteiger partial charge in [0.05, 0.1) is 36.6 Å². The van der Waals surface area contributed by atoms with Crippen LogP contribution < -0.4 is 15.0 Å². The topological polar surface area (TPSA) is 79.7 Å². The number of esters is 1. The Morgan fingerprint density at radius 2 is 1.92 bits per heavy atom. The van der Waals surface area contributed by atoms with Crippen molar-refractivity contribution in [2.75, 3.05) is 20.0 Å². The predicted molar refractivity (Wildman–Crippen MR) is 142 cm³/mol. The van der Waals surface area contributed by atoms with E-state index in [9.17, 15) is 9.59 Å². The van der Waals surface area contributed by atoms with Crippen LogP contribution in [0.1, 0.15) is 40.0 Å². The molecule has 1 aliphatic carbocycles. The third kappa shape index (κ3) is 5.53. The molecule has 1 aliphatic rings. The van der Waals surface area contributed by atoms with Gasteiger partial charge in [0.2, 0.25) is 0 Å². The maximum atomic E-state index is 13.6. The van der Waals surface area contributed by atoms with Gasteiger partial charge in [-0.3, -0.25) is 14.2 Å². The number of benzene rings is 2. The molecule has 7 nitrogen and oxygen atoms in total. The smallest absolute Gasteiger partial charge is 0.316 e. The summed E-state index contributed by atoms with van der Waals surface area (Å²) in [6.07, 6.45) is 3.05. The number of carbonyl (C=O) groups excluding carboxylic acids is 1. The Hall–Kier alpha value is -3.00. The van der Waals surface area contributed by atoms with E-state index in [1.54, 1.807) is 50.6 Å². The predicted octanol–water partition coefficient (Wildman–Crippen LogP) is 5.50. The maximum Gasteiger partial charge on any atom is 0.316 e. The van der Waals surface area contributed by atoms with E-state index in [4.69, 9.17) is 19.2 Å². The van der Waals surface area contributed by atoms with E-state index in [1.807, 2.05) is 6.07 Å². The number of para-hydroxylation sites is 1. The van der Waals surface area contributed by atoms with E-state index in [-0.39, 0.29) is 23.4 Å². The van der Waals surface area contributed by atoms with Crippen LogP contribution in [-0.4, -0.2) is 41.6 Å². The molecule has 0 amide bonds. The number of rotatable bonds is 8. The number of hydrogen-bond acceptors (Lipinski definition) is 7. The van der Waals surface area contributed by atoms with Crippen LogP contribution in [-0.2, 0) is 9.53 Å². The van der Waals surface area contributed by atoms with Gasteiger partial charge < -0.3 is 14.2 Å². The molecule has 1 aromatic heterocycles. The standard InChI is InChI=1S/C28H34N2O5S/c1-17(2)20-12-10-18(3)14-25(20)35-26(31)16-36-28-29-22-9-7-6-8-21(22)27(32)30(28)23-15-19(33-4)11-13-24(23)34-5/h6-9,11,13,15,17-18,20,25H,10,12,14,16H2,1-5H3. The fourth-order valence-corrected chi connectivity index (χ4v) is 5.76. The van der Waals surface area contributed by atoms with Gasteiger partial charge in [-0.25, -0.2) is 4.98 Å². The van der Waals surface area contributed by atoms with Gasteiger partial charge in [0.1, 0.15) is 17.6 Å². The first-order valence-electron chi connectivity index (χ1n) is 12.4. The number of methoxy groups -OCH3 is 2. The molecule has 0 saturated heterocycles. The number of hydrogen-bond donors (Lipinski definition) is 0. The molecule has 3 aromatic rings. The number of thioether (sulfide) groups is 1. The van der Waals surface area contributed by atoms with Crippen LogP contribution in [0.3, 0.4) is 0 Å². The Labute approximate surface area is 216 Å². The second kappa shape index (κ2) is 11.4. The summed E-state index contributed by atoms with van der Waals surface area (Å²) in [4.78, 5) is 31.3. The normalized spacial score (nSPS) is 19.9. The monoisotopic (exact) mass is 510 g/mol.